The van der Waals surface area contributed by atoms with E-state index in [2.05, 4.69) is 25.9 Å². The molecule has 1 atom stereocenters. The van der Waals surface area contributed by atoms with Crippen LogP contribution in [0.15, 0.2) is 36.9 Å². The van der Waals surface area contributed by atoms with Crippen LogP contribution in [0.1, 0.15) is 33.1 Å². The van der Waals surface area contributed by atoms with Crippen molar-refractivity contribution < 1.29 is 4.79 Å². The van der Waals surface area contributed by atoms with E-state index in [0.717, 1.165) is 42.0 Å². The quantitative estimate of drug-likeness (QED) is 0.787. The van der Waals surface area contributed by atoms with Crippen molar-refractivity contribution in [2.45, 2.75) is 18.9 Å². The topological polar surface area (TPSA) is 85.0 Å². The number of amides is 1. The highest BCUT2D eigenvalue weighted by Crippen LogP contribution is 2.38. The Morgan fingerprint density at radius 3 is 3.00 bits per heavy atom. The van der Waals surface area contributed by atoms with Crippen molar-refractivity contribution in [1.29, 1.82) is 0 Å². The van der Waals surface area contributed by atoms with Crippen LogP contribution in [-0.2, 0) is 6.54 Å². The lowest BCUT2D eigenvalue weighted by Gasteiger charge is -2.16. The van der Waals surface area contributed by atoms with Gasteiger partial charge in [0.15, 0.2) is 0 Å². The van der Waals surface area contributed by atoms with Crippen molar-refractivity contribution in [2.24, 2.45) is 5.73 Å². The first-order valence-corrected chi connectivity index (χ1v) is 8.68. The SMILES string of the molecule is NC(=O)c1sc2nccnc2c1[C@@H]1CCN(Cc2cccnc2)C1. The predicted octanol–water partition coefficient (Wildman–Crippen LogP) is 2.17. The summed E-state index contributed by atoms with van der Waals surface area (Å²) < 4.78 is 0. The van der Waals surface area contributed by atoms with Crippen molar-refractivity contribution >= 4 is 27.6 Å². The number of carbonyl (C=O) groups excluding carboxylic acids is 1. The number of hydrogen-bond donors (Lipinski definition) is 1. The number of thiophene rings is 1. The molecule has 0 radical (unpaired) electrons. The van der Waals surface area contributed by atoms with Gasteiger partial charge in [-0.05, 0) is 24.6 Å². The van der Waals surface area contributed by atoms with E-state index < -0.39 is 0 Å². The molecule has 0 bridgehead atoms. The standard InChI is InChI=1S/C17H17N5OS/c18-16(23)15-13(14-17(24-15)21-6-5-20-14)12-3-7-22(10-12)9-11-2-1-4-19-8-11/h1-2,4-6,8,12H,3,7,9-10H2,(H2,18,23)/t12-/m1/s1. The molecule has 1 amide bonds. The molecular formula is C17H17N5OS. The van der Waals surface area contributed by atoms with Gasteiger partial charge >= 0.3 is 0 Å². The number of likely N-dealkylation sites (tertiary alicyclic amines) is 1. The van der Waals surface area contributed by atoms with E-state index in [0.29, 0.717) is 4.88 Å². The molecule has 3 aromatic heterocycles. The Morgan fingerprint density at radius 1 is 1.33 bits per heavy atom. The molecule has 1 aliphatic heterocycles. The molecule has 0 unspecified atom stereocenters. The van der Waals surface area contributed by atoms with E-state index in [9.17, 15) is 4.79 Å². The van der Waals surface area contributed by atoms with Gasteiger partial charge < -0.3 is 5.73 Å². The first-order valence-electron chi connectivity index (χ1n) is 7.87. The maximum Gasteiger partial charge on any atom is 0.259 e. The van der Waals surface area contributed by atoms with Crippen LogP contribution in [0.3, 0.4) is 0 Å². The molecule has 6 nitrogen and oxygen atoms in total. The highest BCUT2D eigenvalue weighted by molar-refractivity contribution is 7.20. The first-order chi connectivity index (χ1) is 11.7. The molecule has 1 fully saturated rings. The second-order valence-electron chi connectivity index (χ2n) is 6.00. The zero-order valence-corrected chi connectivity index (χ0v) is 13.9. The van der Waals surface area contributed by atoms with Gasteiger partial charge in [0.2, 0.25) is 0 Å². The van der Waals surface area contributed by atoms with Crippen LogP contribution < -0.4 is 5.73 Å². The average Bonchev–Trinajstić information content (AvgIpc) is 3.19. The van der Waals surface area contributed by atoms with Crippen LogP contribution in [0.25, 0.3) is 10.3 Å². The highest BCUT2D eigenvalue weighted by atomic mass is 32.1. The van der Waals surface area contributed by atoms with Crippen molar-refractivity contribution in [3.8, 4) is 0 Å². The van der Waals surface area contributed by atoms with Crippen LogP contribution in [0.2, 0.25) is 0 Å². The molecular weight excluding hydrogens is 322 g/mol. The zero-order chi connectivity index (χ0) is 16.5. The summed E-state index contributed by atoms with van der Waals surface area (Å²) in [6, 6.07) is 4.04. The number of nitrogens with two attached hydrogens (primary N) is 1. The van der Waals surface area contributed by atoms with Gasteiger partial charge in [-0.3, -0.25) is 19.7 Å². The van der Waals surface area contributed by atoms with Crippen LogP contribution >= 0.6 is 11.3 Å². The number of aromatic nitrogens is 3. The van der Waals surface area contributed by atoms with Gasteiger partial charge in [0.25, 0.3) is 5.91 Å². The molecule has 24 heavy (non-hydrogen) atoms. The summed E-state index contributed by atoms with van der Waals surface area (Å²) in [5.74, 6) is -0.130. The summed E-state index contributed by atoms with van der Waals surface area (Å²) in [4.78, 5) is 28.6. The fraction of sp³-hybridized carbons (Fsp3) is 0.294. The Hall–Kier alpha value is -2.38. The third-order valence-corrected chi connectivity index (χ3v) is 5.51. The summed E-state index contributed by atoms with van der Waals surface area (Å²) in [6.45, 7) is 2.73. The Labute approximate surface area is 143 Å². The molecule has 0 saturated carbocycles. The van der Waals surface area contributed by atoms with Gasteiger partial charge in [0, 0.05) is 49.4 Å². The smallest absolute Gasteiger partial charge is 0.259 e. The van der Waals surface area contributed by atoms with E-state index in [1.54, 1.807) is 18.6 Å². The minimum absolute atomic E-state index is 0.259. The summed E-state index contributed by atoms with van der Waals surface area (Å²) in [7, 11) is 0. The normalized spacial score (nSPS) is 18.2. The number of fused-ring (bicyclic) bond motifs is 1. The number of hydrogen-bond acceptors (Lipinski definition) is 6. The zero-order valence-electron chi connectivity index (χ0n) is 13.1. The Morgan fingerprint density at radius 2 is 2.21 bits per heavy atom. The maximum absolute atomic E-state index is 11.9. The molecule has 0 aromatic carbocycles. The summed E-state index contributed by atoms with van der Waals surface area (Å²) in [6.07, 6.45) is 7.99. The second kappa shape index (κ2) is 6.26. The highest BCUT2D eigenvalue weighted by Gasteiger charge is 2.31. The fourth-order valence-corrected chi connectivity index (χ4v) is 4.41. The van der Waals surface area contributed by atoms with Crippen molar-refractivity contribution in [3.05, 3.63) is 52.9 Å². The van der Waals surface area contributed by atoms with Gasteiger partial charge in [0.05, 0.1) is 4.88 Å². The van der Waals surface area contributed by atoms with Crippen molar-refractivity contribution in [3.63, 3.8) is 0 Å². The maximum atomic E-state index is 11.9. The minimum Gasteiger partial charge on any atom is -0.365 e. The Kier molecular flexibility index (Phi) is 3.95. The molecule has 0 aliphatic carbocycles. The second-order valence-corrected chi connectivity index (χ2v) is 7.00. The van der Waals surface area contributed by atoms with E-state index in [1.807, 2.05) is 12.3 Å². The number of nitrogens with zero attached hydrogens (tertiary/aromatic N) is 4. The lowest BCUT2D eigenvalue weighted by molar-refractivity contribution is 0.100. The van der Waals surface area contributed by atoms with Crippen LogP contribution in [0, 0.1) is 0 Å². The fourth-order valence-electron chi connectivity index (χ4n) is 3.37. The molecule has 4 rings (SSSR count). The lowest BCUT2D eigenvalue weighted by Crippen LogP contribution is -2.20. The molecule has 1 aliphatic rings. The molecule has 3 aromatic rings. The Balaban J connectivity index is 1.62. The molecule has 1 saturated heterocycles. The van der Waals surface area contributed by atoms with E-state index >= 15 is 0 Å². The van der Waals surface area contributed by atoms with Gasteiger partial charge in [-0.25, -0.2) is 4.98 Å². The number of carbonyl (C=O) groups is 1. The summed E-state index contributed by atoms with van der Waals surface area (Å²) in [5, 5.41) is 0. The van der Waals surface area contributed by atoms with E-state index in [1.165, 1.54) is 16.9 Å². The molecule has 7 heteroatoms. The third-order valence-electron chi connectivity index (χ3n) is 4.40. The van der Waals surface area contributed by atoms with Crippen LogP contribution in [0.4, 0.5) is 0 Å². The van der Waals surface area contributed by atoms with Crippen LogP contribution in [-0.4, -0.2) is 38.8 Å². The summed E-state index contributed by atoms with van der Waals surface area (Å²) in [5.41, 5.74) is 8.60. The third kappa shape index (κ3) is 2.76. The van der Waals surface area contributed by atoms with Crippen molar-refractivity contribution in [1.82, 2.24) is 19.9 Å². The monoisotopic (exact) mass is 339 g/mol. The molecule has 4 heterocycles. The van der Waals surface area contributed by atoms with E-state index in [-0.39, 0.29) is 11.8 Å². The van der Waals surface area contributed by atoms with Gasteiger partial charge in [-0.15, -0.1) is 11.3 Å². The van der Waals surface area contributed by atoms with Gasteiger partial charge in [-0.2, -0.15) is 0 Å². The van der Waals surface area contributed by atoms with Gasteiger partial charge in [-0.1, -0.05) is 6.07 Å². The lowest BCUT2D eigenvalue weighted by atomic mass is 9.97. The largest absolute Gasteiger partial charge is 0.365 e. The van der Waals surface area contributed by atoms with Crippen LogP contribution in [0.5, 0.6) is 0 Å². The number of primary amides is 1. The summed E-state index contributed by atoms with van der Waals surface area (Å²) >= 11 is 1.35. The number of rotatable bonds is 4. The molecule has 2 N–H and O–H groups in total. The molecule has 122 valence electrons. The number of pyridine rings is 1. The predicted molar refractivity (Wildman–Crippen MR) is 92.8 cm³/mol. The van der Waals surface area contributed by atoms with Crippen molar-refractivity contribution in [2.75, 3.05) is 13.1 Å². The first kappa shape index (κ1) is 15.2. The minimum atomic E-state index is -0.388. The Bertz CT molecular complexity index is 879. The van der Waals surface area contributed by atoms with Gasteiger partial charge in [0.1, 0.15) is 10.3 Å². The molecule has 0 spiro atoms. The average molecular weight is 339 g/mol. The van der Waals surface area contributed by atoms with E-state index in [4.69, 9.17) is 5.73 Å².